The molecule has 6 heteroatoms. The molecule has 0 radical (unpaired) electrons. The highest BCUT2D eigenvalue weighted by Gasteiger charge is 2.06. The molecule has 0 saturated heterocycles. The lowest BCUT2D eigenvalue weighted by molar-refractivity contribution is -0.118. The number of benzene rings is 3. The Hall–Kier alpha value is -3.05. The van der Waals surface area contributed by atoms with E-state index in [2.05, 4.69) is 5.32 Å². The summed E-state index contributed by atoms with van der Waals surface area (Å²) in [6.07, 6.45) is 0. The van der Waals surface area contributed by atoms with Crippen LogP contribution in [0.25, 0.3) is 0 Å². The van der Waals surface area contributed by atoms with E-state index in [1.54, 1.807) is 24.3 Å². The Kier molecular flexibility index (Phi) is 6.28. The molecule has 0 saturated carbocycles. The van der Waals surface area contributed by atoms with Gasteiger partial charge in [0.2, 0.25) is 0 Å². The molecule has 3 aromatic rings. The summed E-state index contributed by atoms with van der Waals surface area (Å²) in [5.74, 6) is 0.327. The normalized spacial score (nSPS) is 10.3. The zero-order valence-corrected chi connectivity index (χ0v) is 15.1. The topological polar surface area (TPSA) is 47.6 Å². The van der Waals surface area contributed by atoms with Crippen LogP contribution in [-0.2, 0) is 11.4 Å². The largest absolute Gasteiger partial charge is 0.489 e. The molecule has 4 nitrogen and oxygen atoms in total. The van der Waals surface area contributed by atoms with Crippen molar-refractivity contribution in [2.24, 2.45) is 0 Å². The molecule has 0 aromatic heterocycles. The van der Waals surface area contributed by atoms with Crippen LogP contribution in [0.4, 0.5) is 10.1 Å². The van der Waals surface area contributed by atoms with Crippen molar-refractivity contribution < 1.29 is 18.7 Å². The van der Waals surface area contributed by atoms with Crippen molar-refractivity contribution in [1.29, 1.82) is 0 Å². The number of nitrogens with one attached hydrogen (secondary N) is 1. The van der Waals surface area contributed by atoms with Gasteiger partial charge >= 0.3 is 0 Å². The van der Waals surface area contributed by atoms with Gasteiger partial charge < -0.3 is 14.8 Å². The van der Waals surface area contributed by atoms with Crippen LogP contribution in [0.5, 0.6) is 11.5 Å². The van der Waals surface area contributed by atoms with Gasteiger partial charge in [-0.2, -0.15) is 0 Å². The lowest BCUT2D eigenvalue weighted by atomic mass is 10.2. The highest BCUT2D eigenvalue weighted by Crippen LogP contribution is 2.20. The zero-order chi connectivity index (χ0) is 19.1. The molecular formula is C21H17ClFNO3. The number of hydrogen-bond acceptors (Lipinski definition) is 3. The number of halogens is 2. The second kappa shape index (κ2) is 9.05. The van der Waals surface area contributed by atoms with E-state index in [0.717, 1.165) is 5.56 Å². The highest BCUT2D eigenvalue weighted by molar-refractivity contribution is 6.31. The van der Waals surface area contributed by atoms with Gasteiger partial charge in [0.15, 0.2) is 6.61 Å². The average molecular weight is 386 g/mol. The van der Waals surface area contributed by atoms with Crippen molar-refractivity contribution in [3.05, 3.63) is 89.2 Å². The first-order valence-corrected chi connectivity index (χ1v) is 8.62. The number of ether oxygens (including phenoxy) is 2. The van der Waals surface area contributed by atoms with E-state index in [9.17, 15) is 9.18 Å². The summed E-state index contributed by atoms with van der Waals surface area (Å²) >= 11 is 5.68. The number of amides is 1. The molecule has 0 fully saturated rings. The van der Waals surface area contributed by atoms with Gasteiger partial charge in [-0.25, -0.2) is 4.39 Å². The Morgan fingerprint density at radius 1 is 0.926 bits per heavy atom. The first-order chi connectivity index (χ1) is 13.1. The molecule has 0 aliphatic rings. The smallest absolute Gasteiger partial charge is 0.262 e. The van der Waals surface area contributed by atoms with Crippen molar-refractivity contribution in [2.75, 3.05) is 11.9 Å². The Morgan fingerprint density at radius 2 is 1.59 bits per heavy atom. The molecule has 0 spiro atoms. The lowest BCUT2D eigenvalue weighted by Gasteiger charge is -2.09. The van der Waals surface area contributed by atoms with E-state index < -0.39 is 5.82 Å². The summed E-state index contributed by atoms with van der Waals surface area (Å²) in [6.45, 7) is 0.295. The van der Waals surface area contributed by atoms with Crippen molar-refractivity contribution >= 4 is 23.2 Å². The van der Waals surface area contributed by atoms with Crippen LogP contribution < -0.4 is 14.8 Å². The van der Waals surface area contributed by atoms with E-state index in [1.165, 1.54) is 18.2 Å². The fourth-order valence-electron chi connectivity index (χ4n) is 2.29. The minimum atomic E-state index is -0.541. The minimum absolute atomic E-state index is 0.0557. The van der Waals surface area contributed by atoms with Gasteiger partial charge in [0.05, 0.1) is 5.02 Å². The van der Waals surface area contributed by atoms with Crippen molar-refractivity contribution in [3.8, 4) is 11.5 Å². The maximum Gasteiger partial charge on any atom is 0.262 e. The predicted molar refractivity (Wildman–Crippen MR) is 103 cm³/mol. The number of carbonyl (C=O) groups excluding carboxylic acids is 1. The monoisotopic (exact) mass is 385 g/mol. The third kappa shape index (κ3) is 5.72. The second-order valence-corrected chi connectivity index (χ2v) is 6.12. The van der Waals surface area contributed by atoms with Crippen LogP contribution in [0.15, 0.2) is 72.8 Å². The molecule has 3 rings (SSSR count). The maximum atomic E-state index is 13.1. The summed E-state index contributed by atoms with van der Waals surface area (Å²) in [6, 6.07) is 20.8. The molecule has 0 bridgehead atoms. The standard InChI is InChI=1S/C21H17ClFNO3/c22-19-12-16(6-11-20(19)23)24-21(25)14-27-18-9-7-17(8-10-18)26-13-15-4-2-1-3-5-15/h1-12H,13-14H2,(H,24,25). The van der Waals surface area contributed by atoms with Gasteiger partial charge in [0.1, 0.15) is 23.9 Å². The fraction of sp³-hybridized carbons (Fsp3) is 0.0952. The molecule has 0 heterocycles. The van der Waals surface area contributed by atoms with Crippen LogP contribution in [-0.4, -0.2) is 12.5 Å². The summed E-state index contributed by atoms with van der Waals surface area (Å²) in [5, 5.41) is 2.53. The second-order valence-electron chi connectivity index (χ2n) is 5.71. The summed E-state index contributed by atoms with van der Waals surface area (Å²) < 4.78 is 24.2. The van der Waals surface area contributed by atoms with Crippen molar-refractivity contribution in [1.82, 2.24) is 0 Å². The Labute approximate surface area is 161 Å². The average Bonchev–Trinajstić information content (AvgIpc) is 2.69. The lowest BCUT2D eigenvalue weighted by Crippen LogP contribution is -2.20. The van der Waals surface area contributed by atoms with Crippen LogP contribution in [0, 0.1) is 5.82 Å². The van der Waals surface area contributed by atoms with Crippen LogP contribution in [0.2, 0.25) is 5.02 Å². The summed E-state index contributed by atoms with van der Waals surface area (Å²) in [4.78, 5) is 11.9. The Balaban J connectivity index is 1.46. The van der Waals surface area contributed by atoms with Gasteiger partial charge in [0, 0.05) is 5.69 Å². The number of rotatable bonds is 7. The molecule has 138 valence electrons. The predicted octanol–water partition coefficient (Wildman–Crippen LogP) is 5.08. The highest BCUT2D eigenvalue weighted by atomic mass is 35.5. The first kappa shape index (κ1) is 18.7. The molecule has 0 aliphatic carbocycles. The zero-order valence-electron chi connectivity index (χ0n) is 14.3. The SMILES string of the molecule is O=C(COc1ccc(OCc2ccccc2)cc1)Nc1ccc(F)c(Cl)c1. The molecule has 0 aliphatic heterocycles. The van der Waals surface area contributed by atoms with Crippen LogP contribution in [0.1, 0.15) is 5.56 Å². The number of hydrogen-bond donors (Lipinski definition) is 1. The molecule has 0 unspecified atom stereocenters. The van der Waals surface area contributed by atoms with Crippen LogP contribution in [0.3, 0.4) is 0 Å². The Bertz CT molecular complexity index is 901. The van der Waals surface area contributed by atoms with Crippen LogP contribution >= 0.6 is 11.6 Å². The maximum absolute atomic E-state index is 13.1. The molecule has 0 atom stereocenters. The Morgan fingerprint density at radius 3 is 2.26 bits per heavy atom. The van der Waals surface area contributed by atoms with Crippen molar-refractivity contribution in [3.63, 3.8) is 0 Å². The van der Waals surface area contributed by atoms with Gasteiger partial charge in [-0.1, -0.05) is 41.9 Å². The molecule has 1 N–H and O–H groups in total. The minimum Gasteiger partial charge on any atom is -0.489 e. The van der Waals surface area contributed by atoms with Crippen molar-refractivity contribution in [2.45, 2.75) is 6.61 Å². The summed E-state index contributed by atoms with van der Waals surface area (Å²) in [7, 11) is 0. The number of carbonyl (C=O) groups is 1. The first-order valence-electron chi connectivity index (χ1n) is 8.24. The molecular weight excluding hydrogens is 369 g/mol. The van der Waals surface area contributed by atoms with Gasteiger partial charge in [-0.3, -0.25) is 4.79 Å². The number of anilines is 1. The van der Waals surface area contributed by atoms with E-state index in [1.807, 2.05) is 30.3 Å². The molecule has 3 aromatic carbocycles. The van der Waals surface area contributed by atoms with Gasteiger partial charge in [0.25, 0.3) is 5.91 Å². The van der Waals surface area contributed by atoms with E-state index in [-0.39, 0.29) is 17.5 Å². The van der Waals surface area contributed by atoms with E-state index in [4.69, 9.17) is 21.1 Å². The quantitative estimate of drug-likeness (QED) is 0.617. The molecule has 27 heavy (non-hydrogen) atoms. The van der Waals surface area contributed by atoms with Gasteiger partial charge in [-0.05, 0) is 48.0 Å². The fourth-order valence-corrected chi connectivity index (χ4v) is 2.47. The summed E-state index contributed by atoms with van der Waals surface area (Å²) in [5.41, 5.74) is 1.48. The van der Waals surface area contributed by atoms with E-state index in [0.29, 0.717) is 23.8 Å². The third-order valence-electron chi connectivity index (χ3n) is 3.65. The third-order valence-corrected chi connectivity index (χ3v) is 3.93. The molecule has 1 amide bonds. The van der Waals surface area contributed by atoms with Gasteiger partial charge in [-0.15, -0.1) is 0 Å². The van der Waals surface area contributed by atoms with E-state index >= 15 is 0 Å².